The van der Waals surface area contributed by atoms with Crippen molar-refractivity contribution in [2.24, 2.45) is 7.05 Å². The molecule has 0 saturated carbocycles. The molecule has 0 bridgehead atoms. The molecule has 6 heteroatoms. The molecule has 0 saturated heterocycles. The second-order valence-corrected chi connectivity index (χ2v) is 5.32. The number of methoxy groups -OCH3 is 1. The maximum Gasteiger partial charge on any atom is 0.185 e. The van der Waals surface area contributed by atoms with Gasteiger partial charge in [-0.2, -0.15) is 5.10 Å². The lowest BCUT2D eigenvalue weighted by molar-refractivity contribution is 0.403. The summed E-state index contributed by atoms with van der Waals surface area (Å²) < 4.78 is 7.24. The van der Waals surface area contributed by atoms with Crippen molar-refractivity contribution in [3.05, 3.63) is 36.2 Å². The van der Waals surface area contributed by atoms with E-state index in [2.05, 4.69) is 28.4 Å². The number of para-hydroxylation sites is 1. The van der Waals surface area contributed by atoms with Crippen LogP contribution in [0.1, 0.15) is 18.5 Å². The Bertz CT molecular complexity index is 543. The molecule has 2 aromatic rings. The summed E-state index contributed by atoms with van der Waals surface area (Å²) in [5, 5.41) is 8.50. The highest BCUT2D eigenvalue weighted by Gasteiger charge is 2.16. The third-order valence-corrected chi connectivity index (χ3v) is 4.14. The third kappa shape index (κ3) is 3.52. The van der Waals surface area contributed by atoms with Gasteiger partial charge in [-0.1, -0.05) is 36.9 Å². The van der Waals surface area contributed by atoms with Gasteiger partial charge < -0.3 is 10.1 Å². The Morgan fingerprint density at radius 3 is 2.85 bits per heavy atom. The lowest BCUT2D eigenvalue weighted by Gasteiger charge is -2.20. The molecule has 1 heterocycles. The maximum atomic E-state index is 5.45. The molecule has 20 heavy (non-hydrogen) atoms. The molecule has 1 aromatic carbocycles. The van der Waals surface area contributed by atoms with Gasteiger partial charge in [-0.25, -0.2) is 9.67 Å². The van der Waals surface area contributed by atoms with Crippen molar-refractivity contribution in [2.45, 2.75) is 18.1 Å². The number of nitrogens with zero attached hydrogens (tertiary/aromatic N) is 3. The first-order valence-electron chi connectivity index (χ1n) is 6.59. The van der Waals surface area contributed by atoms with Crippen molar-refractivity contribution in [3.63, 3.8) is 0 Å². The number of rotatable bonds is 7. The highest BCUT2D eigenvalue weighted by atomic mass is 32.2. The highest BCUT2D eigenvalue weighted by Crippen LogP contribution is 2.29. The van der Waals surface area contributed by atoms with Gasteiger partial charge in [0.05, 0.1) is 7.11 Å². The largest absolute Gasteiger partial charge is 0.496 e. The second-order valence-electron chi connectivity index (χ2n) is 4.33. The number of benzene rings is 1. The van der Waals surface area contributed by atoms with Crippen molar-refractivity contribution in [3.8, 4) is 5.75 Å². The van der Waals surface area contributed by atoms with Crippen LogP contribution in [-0.4, -0.2) is 34.2 Å². The Hall–Kier alpha value is -1.53. The molecule has 0 radical (unpaired) electrons. The van der Waals surface area contributed by atoms with Crippen molar-refractivity contribution in [1.29, 1.82) is 0 Å². The van der Waals surface area contributed by atoms with Crippen LogP contribution in [0.5, 0.6) is 5.75 Å². The molecule has 0 aliphatic heterocycles. The number of nitrogens with one attached hydrogen (secondary N) is 1. The number of aromatic nitrogens is 3. The SMILES string of the molecule is CCNC(CSc1ncnn1C)c1ccccc1OC. The number of aryl methyl sites for hydroxylation is 1. The van der Waals surface area contributed by atoms with Gasteiger partial charge in [-0.3, -0.25) is 0 Å². The van der Waals surface area contributed by atoms with Gasteiger partial charge in [-0.15, -0.1) is 0 Å². The fraction of sp³-hybridized carbons (Fsp3) is 0.429. The normalized spacial score (nSPS) is 12.3. The molecule has 0 amide bonds. The molecule has 0 aliphatic carbocycles. The summed E-state index contributed by atoms with van der Waals surface area (Å²) in [5.41, 5.74) is 1.17. The molecule has 1 N–H and O–H groups in total. The summed E-state index contributed by atoms with van der Waals surface area (Å²) in [4.78, 5) is 4.24. The van der Waals surface area contributed by atoms with E-state index in [4.69, 9.17) is 4.74 Å². The van der Waals surface area contributed by atoms with Crippen LogP contribution in [0.15, 0.2) is 35.7 Å². The third-order valence-electron chi connectivity index (χ3n) is 3.01. The summed E-state index contributed by atoms with van der Waals surface area (Å²) in [6.07, 6.45) is 1.58. The summed E-state index contributed by atoms with van der Waals surface area (Å²) in [6.45, 7) is 3.01. The van der Waals surface area contributed by atoms with Crippen LogP contribution in [0, 0.1) is 0 Å². The van der Waals surface area contributed by atoms with Crippen LogP contribution in [0.3, 0.4) is 0 Å². The van der Waals surface area contributed by atoms with E-state index in [0.29, 0.717) is 0 Å². The van der Waals surface area contributed by atoms with Crippen LogP contribution in [0.25, 0.3) is 0 Å². The van der Waals surface area contributed by atoms with Crippen molar-refractivity contribution in [2.75, 3.05) is 19.4 Å². The average Bonchev–Trinajstić information content (AvgIpc) is 2.89. The molecule has 0 fully saturated rings. The van der Waals surface area contributed by atoms with Gasteiger partial charge >= 0.3 is 0 Å². The second kappa shape index (κ2) is 7.31. The maximum absolute atomic E-state index is 5.45. The predicted molar refractivity (Wildman–Crippen MR) is 81.1 cm³/mol. The zero-order chi connectivity index (χ0) is 14.4. The quantitative estimate of drug-likeness (QED) is 0.793. The van der Waals surface area contributed by atoms with E-state index < -0.39 is 0 Å². The van der Waals surface area contributed by atoms with Gasteiger partial charge in [0, 0.05) is 24.4 Å². The van der Waals surface area contributed by atoms with Gasteiger partial charge in [0.15, 0.2) is 5.16 Å². The van der Waals surface area contributed by atoms with Gasteiger partial charge in [0.2, 0.25) is 0 Å². The molecule has 0 spiro atoms. The van der Waals surface area contributed by atoms with E-state index in [1.165, 1.54) is 5.56 Å². The molecule has 5 nitrogen and oxygen atoms in total. The zero-order valence-corrected chi connectivity index (χ0v) is 12.9. The van der Waals surface area contributed by atoms with E-state index in [1.807, 2.05) is 25.2 Å². The molecular weight excluding hydrogens is 272 g/mol. The van der Waals surface area contributed by atoms with Crippen LogP contribution < -0.4 is 10.1 Å². The van der Waals surface area contributed by atoms with E-state index >= 15 is 0 Å². The molecule has 108 valence electrons. The monoisotopic (exact) mass is 292 g/mol. The smallest absolute Gasteiger partial charge is 0.185 e. The molecule has 0 aliphatic rings. The Kier molecular flexibility index (Phi) is 5.43. The topological polar surface area (TPSA) is 52.0 Å². The number of thioether (sulfide) groups is 1. The average molecular weight is 292 g/mol. The van der Waals surface area contributed by atoms with E-state index in [0.717, 1.165) is 23.2 Å². The lowest BCUT2D eigenvalue weighted by Crippen LogP contribution is -2.23. The zero-order valence-electron chi connectivity index (χ0n) is 12.0. The molecular formula is C14H20N4OS. The predicted octanol–water partition coefficient (Wildman–Crippen LogP) is 2.27. The standard InChI is InChI=1S/C14H20N4OS/c1-4-15-12(9-20-14-16-10-17-18(14)2)11-7-5-6-8-13(11)19-3/h5-8,10,12,15H,4,9H2,1-3H3. The van der Waals surface area contributed by atoms with Crippen molar-refractivity contribution < 1.29 is 4.74 Å². The first kappa shape index (κ1) is 14.9. The highest BCUT2D eigenvalue weighted by molar-refractivity contribution is 7.99. The molecule has 1 unspecified atom stereocenters. The summed E-state index contributed by atoms with van der Waals surface area (Å²) in [5.74, 6) is 1.79. The minimum Gasteiger partial charge on any atom is -0.496 e. The van der Waals surface area contributed by atoms with Crippen LogP contribution in [-0.2, 0) is 7.05 Å². The minimum atomic E-state index is 0.220. The van der Waals surface area contributed by atoms with Crippen LogP contribution >= 0.6 is 11.8 Å². The van der Waals surface area contributed by atoms with Crippen LogP contribution in [0.2, 0.25) is 0 Å². The molecule has 2 rings (SSSR count). The van der Waals surface area contributed by atoms with E-state index in [9.17, 15) is 0 Å². The summed E-state index contributed by atoms with van der Waals surface area (Å²) >= 11 is 1.69. The van der Waals surface area contributed by atoms with Crippen molar-refractivity contribution in [1.82, 2.24) is 20.1 Å². The first-order chi connectivity index (χ1) is 9.76. The van der Waals surface area contributed by atoms with Gasteiger partial charge in [0.1, 0.15) is 12.1 Å². The molecule has 1 aromatic heterocycles. The van der Waals surface area contributed by atoms with Crippen LogP contribution in [0.4, 0.5) is 0 Å². The van der Waals surface area contributed by atoms with E-state index in [1.54, 1.807) is 29.9 Å². The Morgan fingerprint density at radius 1 is 1.40 bits per heavy atom. The van der Waals surface area contributed by atoms with Gasteiger partial charge in [0.25, 0.3) is 0 Å². The van der Waals surface area contributed by atoms with Gasteiger partial charge in [-0.05, 0) is 12.6 Å². The number of ether oxygens (including phenoxy) is 1. The summed E-state index contributed by atoms with van der Waals surface area (Å²) in [7, 11) is 3.61. The van der Waals surface area contributed by atoms with E-state index in [-0.39, 0.29) is 6.04 Å². The minimum absolute atomic E-state index is 0.220. The number of hydrogen-bond acceptors (Lipinski definition) is 5. The first-order valence-corrected chi connectivity index (χ1v) is 7.58. The number of hydrogen-bond donors (Lipinski definition) is 1. The lowest BCUT2D eigenvalue weighted by atomic mass is 10.1. The fourth-order valence-electron chi connectivity index (χ4n) is 2.03. The Balaban J connectivity index is 2.12. The molecule has 1 atom stereocenters. The Morgan fingerprint density at radius 2 is 2.20 bits per heavy atom. The Labute approximate surface area is 123 Å². The fourth-order valence-corrected chi connectivity index (χ4v) is 3.00. The summed E-state index contributed by atoms with van der Waals surface area (Å²) in [6, 6.07) is 8.34. The van der Waals surface area contributed by atoms with Crippen molar-refractivity contribution >= 4 is 11.8 Å².